The average Bonchev–Trinajstić information content (AvgIpc) is 2.56. The van der Waals surface area contributed by atoms with Gasteiger partial charge in [-0.3, -0.25) is 4.79 Å². The van der Waals surface area contributed by atoms with Gasteiger partial charge in [0.1, 0.15) is 0 Å². The maximum Gasteiger partial charge on any atom is 0.225 e. The molecule has 1 amide bonds. The van der Waals surface area contributed by atoms with Gasteiger partial charge in [0.15, 0.2) is 0 Å². The van der Waals surface area contributed by atoms with E-state index < -0.39 is 0 Å². The second kappa shape index (κ2) is 4.62. The van der Waals surface area contributed by atoms with Gasteiger partial charge >= 0.3 is 0 Å². The van der Waals surface area contributed by atoms with Gasteiger partial charge in [-0.25, -0.2) is 4.84 Å². The van der Waals surface area contributed by atoms with Gasteiger partial charge in [0.25, 0.3) is 0 Å². The molecule has 3 nitrogen and oxygen atoms in total. The van der Waals surface area contributed by atoms with Crippen LogP contribution in [0.1, 0.15) is 18.5 Å². The van der Waals surface area contributed by atoms with E-state index >= 15 is 0 Å². The Bertz CT molecular complexity index is 411. The minimum atomic E-state index is -0.173. The topological polar surface area (TPSA) is 41.1 Å². The van der Waals surface area contributed by atoms with Gasteiger partial charge in [-0.05, 0) is 23.4 Å². The van der Waals surface area contributed by atoms with Crippen LogP contribution in [0.25, 0.3) is 0 Å². The molecule has 0 bridgehead atoms. The molecule has 3 atom stereocenters. The number of amides is 1. The van der Waals surface area contributed by atoms with Crippen molar-refractivity contribution in [2.75, 3.05) is 0 Å². The lowest BCUT2D eigenvalue weighted by atomic mass is 9.96. The minimum absolute atomic E-state index is 0.0110. The Morgan fingerprint density at radius 1 is 1.38 bits per heavy atom. The highest BCUT2D eigenvalue weighted by Gasteiger charge is 2.40. The van der Waals surface area contributed by atoms with Crippen LogP contribution in [0, 0.1) is 5.92 Å². The van der Waals surface area contributed by atoms with Gasteiger partial charge in [-0.1, -0.05) is 36.7 Å². The summed E-state index contributed by atoms with van der Waals surface area (Å²) in [6.07, 6.45) is 0. The molecular weight excluding hydrogens is 247 g/mol. The average molecular weight is 259 g/mol. The van der Waals surface area contributed by atoms with Crippen molar-refractivity contribution < 1.29 is 4.79 Å². The van der Waals surface area contributed by atoms with Crippen molar-refractivity contribution in [1.29, 1.82) is 0 Å². The Hall–Kier alpha value is -0.770. The Balaban J connectivity index is 2.35. The molecule has 1 aliphatic heterocycles. The predicted octanol–water partition coefficient (Wildman–Crippen LogP) is 2.26. The van der Waals surface area contributed by atoms with Crippen LogP contribution >= 0.6 is 23.4 Å². The molecule has 2 N–H and O–H groups in total. The van der Waals surface area contributed by atoms with E-state index in [0.29, 0.717) is 5.02 Å². The number of benzene rings is 1. The third-order valence-corrected chi connectivity index (χ3v) is 3.57. The third kappa shape index (κ3) is 1.90. The highest BCUT2D eigenvalue weighted by molar-refractivity contribution is 6.31. The SMILES string of the molecule is C[C@H]1C(=O)N[C@H](c2ccccc2Cl)C1NCl. The van der Waals surface area contributed by atoms with E-state index in [0.717, 1.165) is 5.56 Å². The minimum Gasteiger partial charge on any atom is -0.347 e. The van der Waals surface area contributed by atoms with Gasteiger partial charge < -0.3 is 5.32 Å². The predicted molar refractivity (Wildman–Crippen MR) is 64.3 cm³/mol. The normalized spacial score (nSPS) is 29.2. The van der Waals surface area contributed by atoms with Crippen molar-refractivity contribution in [3.8, 4) is 0 Å². The lowest BCUT2D eigenvalue weighted by Gasteiger charge is -2.20. The second-order valence-corrected chi connectivity index (χ2v) is 4.56. The first kappa shape index (κ1) is 11.7. The summed E-state index contributed by atoms with van der Waals surface area (Å²) < 4.78 is 0. The molecule has 0 spiro atoms. The molecule has 1 fully saturated rings. The molecule has 2 rings (SSSR count). The molecule has 0 saturated carbocycles. The van der Waals surface area contributed by atoms with Crippen LogP contribution in [0.5, 0.6) is 0 Å². The number of hydrogen-bond donors (Lipinski definition) is 2. The third-order valence-electron chi connectivity index (χ3n) is 2.98. The molecule has 0 aromatic heterocycles. The summed E-state index contributed by atoms with van der Waals surface area (Å²) in [5.74, 6) is -0.179. The molecule has 1 aromatic carbocycles. The largest absolute Gasteiger partial charge is 0.347 e. The highest BCUT2D eigenvalue weighted by Crippen LogP contribution is 2.32. The van der Waals surface area contributed by atoms with Crippen molar-refractivity contribution in [2.24, 2.45) is 5.92 Å². The summed E-state index contributed by atoms with van der Waals surface area (Å²) in [6, 6.07) is 7.13. The number of nitrogens with one attached hydrogen (secondary N) is 2. The summed E-state index contributed by atoms with van der Waals surface area (Å²) >= 11 is 11.8. The zero-order valence-electron chi connectivity index (χ0n) is 8.71. The Labute approximate surface area is 104 Å². The van der Waals surface area contributed by atoms with E-state index in [-0.39, 0.29) is 23.9 Å². The van der Waals surface area contributed by atoms with Crippen LogP contribution in [-0.4, -0.2) is 11.9 Å². The van der Waals surface area contributed by atoms with Crippen molar-refractivity contribution in [3.63, 3.8) is 0 Å². The van der Waals surface area contributed by atoms with E-state index in [4.69, 9.17) is 23.4 Å². The van der Waals surface area contributed by atoms with Gasteiger partial charge in [0, 0.05) is 5.02 Å². The van der Waals surface area contributed by atoms with Gasteiger partial charge in [0.05, 0.1) is 18.0 Å². The van der Waals surface area contributed by atoms with Gasteiger partial charge in [0.2, 0.25) is 5.91 Å². The zero-order chi connectivity index (χ0) is 11.7. The van der Waals surface area contributed by atoms with Crippen LogP contribution in [-0.2, 0) is 4.79 Å². The smallest absolute Gasteiger partial charge is 0.225 e. The monoisotopic (exact) mass is 258 g/mol. The number of carbonyl (C=O) groups is 1. The summed E-state index contributed by atoms with van der Waals surface area (Å²) in [4.78, 5) is 14.2. The molecule has 5 heteroatoms. The first-order chi connectivity index (χ1) is 7.65. The molecule has 1 heterocycles. The van der Waals surface area contributed by atoms with E-state index in [9.17, 15) is 4.79 Å². The van der Waals surface area contributed by atoms with Crippen LogP contribution < -0.4 is 10.2 Å². The number of rotatable bonds is 2. The lowest BCUT2D eigenvalue weighted by Crippen LogP contribution is -2.31. The summed E-state index contributed by atoms with van der Waals surface area (Å²) in [5.41, 5.74) is 0.889. The molecule has 1 aliphatic rings. The maximum absolute atomic E-state index is 11.6. The van der Waals surface area contributed by atoms with Crippen molar-refractivity contribution >= 4 is 29.3 Å². The molecule has 1 unspecified atom stereocenters. The fourth-order valence-corrected chi connectivity index (χ4v) is 2.55. The first-order valence-electron chi connectivity index (χ1n) is 5.06. The van der Waals surface area contributed by atoms with Crippen LogP contribution in [0.4, 0.5) is 0 Å². The molecule has 0 aliphatic carbocycles. The van der Waals surface area contributed by atoms with Crippen molar-refractivity contribution in [3.05, 3.63) is 34.9 Å². The van der Waals surface area contributed by atoms with E-state index in [1.54, 1.807) is 6.07 Å². The van der Waals surface area contributed by atoms with Gasteiger partial charge in [-0.2, -0.15) is 0 Å². The molecule has 1 aromatic rings. The molecule has 16 heavy (non-hydrogen) atoms. The fraction of sp³-hybridized carbons (Fsp3) is 0.364. The van der Waals surface area contributed by atoms with Crippen LogP contribution in [0.15, 0.2) is 24.3 Å². The number of halogens is 2. The standard InChI is InChI=1S/C11H12Cl2N2O/c1-6-9(15-13)10(14-11(6)16)7-4-2-3-5-8(7)12/h2-6,9-10,15H,1H3,(H,14,16)/t6-,9?,10-/m1/s1. The van der Waals surface area contributed by atoms with Gasteiger partial charge in [-0.15, -0.1) is 0 Å². The molecule has 1 saturated heterocycles. The summed E-state index contributed by atoms with van der Waals surface area (Å²) in [7, 11) is 0. The fourth-order valence-electron chi connectivity index (χ4n) is 1.98. The zero-order valence-corrected chi connectivity index (χ0v) is 10.2. The Kier molecular flexibility index (Phi) is 3.38. The van der Waals surface area contributed by atoms with E-state index in [1.807, 2.05) is 25.1 Å². The molecular formula is C11H12Cl2N2O. The Morgan fingerprint density at radius 2 is 2.06 bits per heavy atom. The van der Waals surface area contributed by atoms with Crippen LogP contribution in [0.3, 0.4) is 0 Å². The molecule has 86 valence electrons. The maximum atomic E-state index is 11.6. The highest BCUT2D eigenvalue weighted by atomic mass is 35.5. The van der Waals surface area contributed by atoms with E-state index in [2.05, 4.69) is 10.2 Å². The first-order valence-corrected chi connectivity index (χ1v) is 5.81. The lowest BCUT2D eigenvalue weighted by molar-refractivity contribution is -0.122. The quantitative estimate of drug-likeness (QED) is 0.800. The number of hydrogen-bond acceptors (Lipinski definition) is 2. The second-order valence-electron chi connectivity index (χ2n) is 3.93. The summed E-state index contributed by atoms with van der Waals surface area (Å²) in [6.45, 7) is 1.84. The van der Waals surface area contributed by atoms with Crippen LogP contribution in [0.2, 0.25) is 5.02 Å². The number of carbonyl (C=O) groups excluding carboxylic acids is 1. The van der Waals surface area contributed by atoms with Crippen molar-refractivity contribution in [1.82, 2.24) is 10.2 Å². The molecule has 0 radical (unpaired) electrons. The summed E-state index contributed by atoms with van der Waals surface area (Å²) in [5, 5.41) is 3.53. The van der Waals surface area contributed by atoms with Crippen molar-refractivity contribution in [2.45, 2.75) is 19.0 Å². The Morgan fingerprint density at radius 3 is 2.69 bits per heavy atom. The van der Waals surface area contributed by atoms with E-state index in [1.165, 1.54) is 0 Å².